The molecule has 1 fully saturated rings. The summed E-state index contributed by atoms with van der Waals surface area (Å²) < 4.78 is 22.6. The molecule has 0 N–H and O–H groups in total. The monoisotopic (exact) mass is 335 g/mol. The maximum absolute atomic E-state index is 12.1. The molecular weight excluding hydrogens is 314 g/mol. The zero-order valence-corrected chi connectivity index (χ0v) is 14.1. The van der Waals surface area contributed by atoms with Crippen LogP contribution >= 0.6 is 0 Å². The molecule has 3 rings (SSSR count). The molecule has 0 bridgehead atoms. The lowest BCUT2D eigenvalue weighted by atomic mass is 10.2. The minimum absolute atomic E-state index is 0.221. The van der Waals surface area contributed by atoms with Gasteiger partial charge in [0.05, 0.1) is 21.3 Å². The van der Waals surface area contributed by atoms with Gasteiger partial charge in [0.25, 0.3) is 0 Å². The van der Waals surface area contributed by atoms with Gasteiger partial charge in [-0.15, -0.1) is 5.10 Å². The molecule has 1 saturated heterocycles. The average Bonchev–Trinajstić information content (AvgIpc) is 3.24. The number of likely N-dealkylation sites (tertiary alicyclic amines) is 1. The van der Waals surface area contributed by atoms with E-state index in [-0.39, 0.29) is 5.89 Å². The summed E-state index contributed by atoms with van der Waals surface area (Å²) in [5.74, 6) is 1.17. The van der Waals surface area contributed by atoms with Crippen molar-refractivity contribution in [1.29, 1.82) is 0 Å². The van der Waals surface area contributed by atoms with Crippen LogP contribution in [0.4, 0.5) is 0 Å². The zero-order chi connectivity index (χ0) is 17.1. The third kappa shape index (κ3) is 3.09. The smallest absolute Gasteiger partial charge is 0.438 e. The van der Waals surface area contributed by atoms with Gasteiger partial charge in [-0.1, -0.05) is 0 Å². The lowest BCUT2D eigenvalue weighted by Crippen LogP contribution is -2.29. The first-order valence-electron chi connectivity index (χ1n) is 7.77. The maximum Gasteiger partial charge on any atom is 0.438 e. The molecule has 0 saturated carbocycles. The lowest BCUT2D eigenvalue weighted by Gasteiger charge is -2.13. The molecule has 1 aromatic carbocycles. The van der Waals surface area contributed by atoms with Gasteiger partial charge in [0.15, 0.2) is 11.5 Å². The van der Waals surface area contributed by atoms with Crippen molar-refractivity contribution in [2.75, 3.05) is 34.4 Å². The third-order valence-corrected chi connectivity index (χ3v) is 4.05. The molecule has 0 aliphatic carbocycles. The minimum Gasteiger partial charge on any atom is -0.493 e. The van der Waals surface area contributed by atoms with Crippen molar-refractivity contribution in [2.24, 2.45) is 0 Å². The molecule has 0 spiro atoms. The molecule has 0 unspecified atom stereocenters. The van der Waals surface area contributed by atoms with Gasteiger partial charge in [0, 0.05) is 5.56 Å². The molecule has 2 heterocycles. The van der Waals surface area contributed by atoms with Crippen molar-refractivity contribution in [2.45, 2.75) is 19.5 Å². The number of ether oxygens (including phenoxy) is 3. The van der Waals surface area contributed by atoms with E-state index in [1.165, 1.54) is 26.0 Å². The summed E-state index contributed by atoms with van der Waals surface area (Å²) in [6, 6.07) is 3.40. The van der Waals surface area contributed by atoms with Crippen LogP contribution in [-0.4, -0.2) is 49.1 Å². The summed E-state index contributed by atoms with van der Waals surface area (Å²) in [5.41, 5.74) is 0.585. The molecule has 1 aliphatic heterocycles. The number of hydrogen-bond acceptors (Lipinski definition) is 7. The van der Waals surface area contributed by atoms with Gasteiger partial charge in [-0.3, -0.25) is 4.90 Å². The van der Waals surface area contributed by atoms with Gasteiger partial charge < -0.3 is 18.6 Å². The van der Waals surface area contributed by atoms with Gasteiger partial charge in [-0.2, -0.15) is 4.68 Å². The van der Waals surface area contributed by atoms with Crippen LogP contribution in [0.5, 0.6) is 17.2 Å². The van der Waals surface area contributed by atoms with Crippen molar-refractivity contribution in [3.8, 4) is 28.7 Å². The van der Waals surface area contributed by atoms with Crippen molar-refractivity contribution < 1.29 is 18.6 Å². The molecule has 0 amide bonds. The molecular formula is C16H21N3O5. The van der Waals surface area contributed by atoms with E-state index in [9.17, 15) is 4.79 Å². The van der Waals surface area contributed by atoms with E-state index < -0.39 is 5.76 Å². The number of methoxy groups -OCH3 is 3. The molecule has 130 valence electrons. The Morgan fingerprint density at radius 2 is 1.71 bits per heavy atom. The fourth-order valence-electron chi connectivity index (χ4n) is 2.83. The Balaban J connectivity index is 1.95. The molecule has 2 aromatic rings. The highest BCUT2D eigenvalue weighted by Crippen LogP contribution is 2.40. The van der Waals surface area contributed by atoms with E-state index in [0.717, 1.165) is 25.9 Å². The average molecular weight is 335 g/mol. The molecule has 8 heteroatoms. The first kappa shape index (κ1) is 16.4. The lowest BCUT2D eigenvalue weighted by molar-refractivity contribution is 0.245. The summed E-state index contributed by atoms with van der Waals surface area (Å²) in [6.45, 7) is 2.38. The van der Waals surface area contributed by atoms with Crippen LogP contribution < -0.4 is 20.0 Å². The van der Waals surface area contributed by atoms with E-state index in [0.29, 0.717) is 29.5 Å². The Labute approximate surface area is 139 Å². The summed E-state index contributed by atoms with van der Waals surface area (Å²) in [5, 5.41) is 4.29. The minimum atomic E-state index is -0.481. The first-order chi connectivity index (χ1) is 11.7. The summed E-state index contributed by atoms with van der Waals surface area (Å²) in [6.07, 6.45) is 2.29. The zero-order valence-electron chi connectivity index (χ0n) is 14.1. The van der Waals surface area contributed by atoms with Crippen LogP contribution in [0, 0.1) is 0 Å². The van der Waals surface area contributed by atoms with Crippen LogP contribution in [0.2, 0.25) is 0 Å². The van der Waals surface area contributed by atoms with Crippen LogP contribution in [0.1, 0.15) is 12.8 Å². The van der Waals surface area contributed by atoms with E-state index in [2.05, 4.69) is 10.00 Å². The summed E-state index contributed by atoms with van der Waals surface area (Å²) in [4.78, 5) is 14.2. The van der Waals surface area contributed by atoms with Crippen molar-refractivity contribution in [3.05, 3.63) is 22.7 Å². The number of hydrogen-bond donors (Lipinski definition) is 0. The Morgan fingerprint density at radius 1 is 1.08 bits per heavy atom. The number of benzene rings is 1. The van der Waals surface area contributed by atoms with Crippen LogP contribution in [-0.2, 0) is 6.67 Å². The number of rotatable bonds is 6. The van der Waals surface area contributed by atoms with Crippen LogP contribution in [0.15, 0.2) is 21.3 Å². The molecule has 1 aromatic heterocycles. The standard InChI is InChI=1S/C16H21N3O5/c1-21-12-8-11(9-13(22-2)14(12)23-3)15-17-19(16(20)24-15)10-18-6-4-5-7-18/h8-9H,4-7,10H2,1-3H3. The third-order valence-electron chi connectivity index (χ3n) is 4.05. The number of aromatic nitrogens is 2. The molecule has 1 aliphatic rings. The van der Waals surface area contributed by atoms with Gasteiger partial charge in [-0.25, -0.2) is 4.79 Å². The Hall–Kier alpha value is -2.48. The Bertz CT molecular complexity index is 736. The second-order valence-corrected chi connectivity index (χ2v) is 5.55. The SMILES string of the molecule is COc1cc(-c2nn(CN3CCCC3)c(=O)o2)cc(OC)c1OC. The largest absolute Gasteiger partial charge is 0.493 e. The van der Waals surface area contributed by atoms with E-state index in [4.69, 9.17) is 18.6 Å². The van der Waals surface area contributed by atoms with Crippen molar-refractivity contribution in [1.82, 2.24) is 14.7 Å². The summed E-state index contributed by atoms with van der Waals surface area (Å²) >= 11 is 0. The predicted molar refractivity (Wildman–Crippen MR) is 86.7 cm³/mol. The van der Waals surface area contributed by atoms with Crippen molar-refractivity contribution in [3.63, 3.8) is 0 Å². The van der Waals surface area contributed by atoms with Crippen LogP contribution in [0.25, 0.3) is 11.5 Å². The Morgan fingerprint density at radius 3 is 2.25 bits per heavy atom. The number of nitrogens with zero attached hydrogens (tertiary/aromatic N) is 3. The second kappa shape index (κ2) is 6.96. The second-order valence-electron chi connectivity index (χ2n) is 5.55. The molecule has 8 nitrogen and oxygen atoms in total. The highest BCUT2D eigenvalue weighted by Gasteiger charge is 2.19. The van der Waals surface area contributed by atoms with E-state index in [1.807, 2.05) is 0 Å². The highest BCUT2D eigenvalue weighted by atomic mass is 16.5. The maximum atomic E-state index is 12.1. The highest BCUT2D eigenvalue weighted by molar-refractivity contribution is 5.65. The van der Waals surface area contributed by atoms with E-state index in [1.54, 1.807) is 12.1 Å². The van der Waals surface area contributed by atoms with Crippen LogP contribution in [0.3, 0.4) is 0 Å². The summed E-state index contributed by atoms with van der Waals surface area (Å²) in [7, 11) is 4.59. The fourth-order valence-corrected chi connectivity index (χ4v) is 2.83. The normalized spacial score (nSPS) is 14.8. The molecule has 24 heavy (non-hydrogen) atoms. The van der Waals surface area contributed by atoms with E-state index >= 15 is 0 Å². The molecule has 0 radical (unpaired) electrons. The Kier molecular flexibility index (Phi) is 4.75. The van der Waals surface area contributed by atoms with Gasteiger partial charge >= 0.3 is 5.76 Å². The quantitative estimate of drug-likeness (QED) is 0.793. The van der Waals surface area contributed by atoms with Gasteiger partial charge in [0.1, 0.15) is 6.67 Å². The fraction of sp³-hybridized carbons (Fsp3) is 0.500. The topological polar surface area (TPSA) is 79.0 Å². The first-order valence-corrected chi connectivity index (χ1v) is 7.77. The predicted octanol–water partition coefficient (Wildman–Crippen LogP) is 1.58. The van der Waals surface area contributed by atoms with Gasteiger partial charge in [0.2, 0.25) is 11.6 Å². The molecule has 0 atom stereocenters. The van der Waals surface area contributed by atoms with Gasteiger partial charge in [-0.05, 0) is 38.1 Å². The van der Waals surface area contributed by atoms with Crippen molar-refractivity contribution >= 4 is 0 Å².